The lowest BCUT2D eigenvalue weighted by molar-refractivity contribution is 0.158. The molecule has 0 aliphatic carbocycles. The van der Waals surface area contributed by atoms with Gasteiger partial charge in [-0.3, -0.25) is 4.90 Å². The summed E-state index contributed by atoms with van der Waals surface area (Å²) in [4.78, 5) is 2.51. The Morgan fingerprint density at radius 2 is 1.48 bits per heavy atom. The van der Waals surface area contributed by atoms with Crippen LogP contribution in [-0.4, -0.2) is 28.6 Å². The molecule has 0 fully saturated rings. The van der Waals surface area contributed by atoms with E-state index in [1.54, 1.807) is 7.11 Å². The Bertz CT molecular complexity index is 1160. The fourth-order valence-electron chi connectivity index (χ4n) is 4.73. The molecule has 5 rings (SSSR count). The van der Waals surface area contributed by atoms with Crippen LogP contribution < -0.4 is 4.74 Å². The summed E-state index contributed by atoms with van der Waals surface area (Å²) in [6.45, 7) is 2.31. The molecule has 5 heteroatoms. The second kappa shape index (κ2) is 8.30. The predicted octanol–water partition coefficient (Wildman–Crippen LogP) is 6.34. The second-order valence-corrected chi connectivity index (χ2v) is 9.14. The fraction of sp³-hybridized carbons (Fsp3) is 0.231. The van der Waals surface area contributed by atoms with Crippen molar-refractivity contribution in [3.8, 4) is 11.4 Å². The Balaban J connectivity index is 1.67. The van der Waals surface area contributed by atoms with E-state index in [0.29, 0.717) is 0 Å². The van der Waals surface area contributed by atoms with Gasteiger partial charge < -0.3 is 4.74 Å². The molecule has 1 aliphatic rings. The Morgan fingerprint density at radius 1 is 0.839 bits per heavy atom. The van der Waals surface area contributed by atoms with Crippen LogP contribution in [0.3, 0.4) is 0 Å². The molecule has 1 aliphatic heterocycles. The van der Waals surface area contributed by atoms with Gasteiger partial charge in [-0.05, 0) is 42.4 Å². The van der Waals surface area contributed by atoms with Crippen molar-refractivity contribution in [2.75, 3.05) is 14.2 Å². The molecule has 0 spiro atoms. The molecular formula is C26H26N3OP. The number of nitrogens with zero attached hydrogens (tertiary/aromatic N) is 3. The van der Waals surface area contributed by atoms with Crippen LogP contribution in [0.25, 0.3) is 5.69 Å². The first-order valence-corrected chi connectivity index (χ1v) is 11.5. The highest BCUT2D eigenvalue weighted by Crippen LogP contribution is 2.51. The van der Waals surface area contributed by atoms with Gasteiger partial charge in [0.15, 0.2) is 0 Å². The summed E-state index contributed by atoms with van der Waals surface area (Å²) in [7, 11) is 5.07. The molecule has 4 aromatic rings. The number of rotatable bonds is 4. The number of aromatic nitrogens is 2. The van der Waals surface area contributed by atoms with Gasteiger partial charge in [0.1, 0.15) is 5.75 Å². The van der Waals surface area contributed by atoms with Crippen molar-refractivity contribution in [1.82, 2.24) is 14.4 Å². The van der Waals surface area contributed by atoms with Crippen molar-refractivity contribution in [3.05, 3.63) is 107 Å². The van der Waals surface area contributed by atoms with Gasteiger partial charge in [0.2, 0.25) is 0 Å². The van der Waals surface area contributed by atoms with Crippen LogP contribution in [0.15, 0.2) is 84.9 Å². The van der Waals surface area contributed by atoms with Crippen LogP contribution in [0.2, 0.25) is 0 Å². The van der Waals surface area contributed by atoms with Gasteiger partial charge in [-0.2, -0.15) is 5.10 Å². The molecule has 3 aromatic carbocycles. The lowest BCUT2D eigenvalue weighted by Gasteiger charge is -2.42. The Labute approximate surface area is 185 Å². The van der Waals surface area contributed by atoms with Crippen LogP contribution in [0.5, 0.6) is 5.75 Å². The second-order valence-electron chi connectivity index (χ2n) is 8.08. The van der Waals surface area contributed by atoms with E-state index in [0.717, 1.165) is 19.8 Å². The molecule has 4 nitrogen and oxygen atoms in total. The predicted molar refractivity (Wildman–Crippen MR) is 126 cm³/mol. The van der Waals surface area contributed by atoms with Crippen LogP contribution >= 0.6 is 8.35 Å². The van der Waals surface area contributed by atoms with Gasteiger partial charge in [-0.15, -0.1) is 0 Å². The number of ether oxygens (including phenoxy) is 1. The van der Waals surface area contributed by atoms with E-state index in [1.807, 2.05) is 6.07 Å². The normalized spacial score (nSPS) is 21.2. The molecule has 0 N–H and O–H groups in total. The maximum absolute atomic E-state index is 5.40. The SMILES string of the molecule is COc1ccc([C@H]2c3pn(-c4ccccc4)nc3[C@H](C)[C@@H](c3ccccc3)N2C)cc1. The molecule has 3 atom stereocenters. The molecule has 0 radical (unpaired) electrons. The minimum atomic E-state index is 0.154. The van der Waals surface area contributed by atoms with Crippen molar-refractivity contribution in [1.29, 1.82) is 0 Å². The molecule has 156 valence electrons. The van der Waals surface area contributed by atoms with Crippen molar-refractivity contribution >= 4 is 8.35 Å². The number of hydrogen-bond acceptors (Lipinski definition) is 3. The standard InChI is InChI=1S/C26H26N3OP/c1-18-23-26(31-29(27-23)21-12-8-5-9-13-21)25(20-14-16-22(30-3)17-15-20)28(2)24(18)19-10-6-4-7-11-19/h4-18,24-25H,1-3H3/t18-,24-,25-/m0/s1. The first kappa shape index (κ1) is 20.0. The summed E-state index contributed by atoms with van der Waals surface area (Å²) < 4.78 is 7.52. The highest BCUT2D eigenvalue weighted by atomic mass is 31.0. The number of fused-ring (bicyclic) bond motifs is 1. The minimum Gasteiger partial charge on any atom is -0.497 e. The number of methoxy groups -OCH3 is 1. The van der Waals surface area contributed by atoms with Gasteiger partial charge in [0.25, 0.3) is 0 Å². The Kier molecular flexibility index (Phi) is 5.35. The summed E-state index contributed by atoms with van der Waals surface area (Å²) in [6.07, 6.45) is 0. The van der Waals surface area contributed by atoms with Gasteiger partial charge in [-0.25, -0.2) is 4.44 Å². The van der Waals surface area contributed by atoms with E-state index in [1.165, 1.54) is 22.1 Å². The summed E-state index contributed by atoms with van der Waals surface area (Å²) in [6, 6.07) is 30.1. The molecule has 0 saturated heterocycles. The van der Waals surface area contributed by atoms with Crippen LogP contribution in [-0.2, 0) is 0 Å². The van der Waals surface area contributed by atoms with Gasteiger partial charge in [-0.1, -0.05) is 67.6 Å². The maximum Gasteiger partial charge on any atom is 0.118 e. The van der Waals surface area contributed by atoms with Crippen LogP contribution in [0.1, 0.15) is 47.0 Å². The monoisotopic (exact) mass is 427 g/mol. The summed E-state index contributed by atoms with van der Waals surface area (Å²) in [5.74, 6) is 1.17. The zero-order valence-corrected chi connectivity index (χ0v) is 18.9. The lowest BCUT2D eigenvalue weighted by atomic mass is 9.83. The third kappa shape index (κ3) is 3.56. The van der Waals surface area contributed by atoms with Gasteiger partial charge in [0.05, 0.1) is 24.5 Å². The van der Waals surface area contributed by atoms with Crippen molar-refractivity contribution in [2.24, 2.45) is 0 Å². The van der Waals surface area contributed by atoms with Crippen LogP contribution in [0.4, 0.5) is 0 Å². The molecule has 1 aromatic heterocycles. The molecule has 2 heterocycles. The van der Waals surface area contributed by atoms with E-state index in [9.17, 15) is 0 Å². The summed E-state index contributed by atoms with van der Waals surface area (Å²) in [5.41, 5.74) is 4.92. The van der Waals surface area contributed by atoms with Crippen molar-refractivity contribution in [3.63, 3.8) is 0 Å². The molecule has 31 heavy (non-hydrogen) atoms. The van der Waals surface area contributed by atoms with E-state index < -0.39 is 0 Å². The molecule has 0 unspecified atom stereocenters. The van der Waals surface area contributed by atoms with Crippen molar-refractivity contribution < 1.29 is 4.74 Å². The highest BCUT2D eigenvalue weighted by Gasteiger charge is 2.41. The molecule has 0 saturated carbocycles. The van der Waals surface area contributed by atoms with Crippen molar-refractivity contribution in [2.45, 2.75) is 24.9 Å². The average Bonchev–Trinajstić information content (AvgIpc) is 3.26. The number of para-hydroxylation sites is 1. The van der Waals surface area contributed by atoms with Gasteiger partial charge >= 0.3 is 0 Å². The zero-order chi connectivity index (χ0) is 21.4. The third-order valence-electron chi connectivity index (χ3n) is 6.24. The van der Waals surface area contributed by atoms with E-state index in [2.05, 4.69) is 102 Å². The summed E-state index contributed by atoms with van der Waals surface area (Å²) in [5, 5.41) is 6.49. The van der Waals surface area contributed by atoms with Gasteiger partial charge in [0, 0.05) is 25.6 Å². The topological polar surface area (TPSA) is 30.3 Å². The number of benzene rings is 3. The third-order valence-corrected chi connectivity index (χ3v) is 7.44. The minimum absolute atomic E-state index is 0.154. The quantitative estimate of drug-likeness (QED) is 0.381. The largest absolute Gasteiger partial charge is 0.497 e. The Morgan fingerprint density at radius 3 is 2.13 bits per heavy atom. The highest BCUT2D eigenvalue weighted by molar-refractivity contribution is 7.27. The first-order chi connectivity index (χ1) is 15.2. The molecule has 0 amide bonds. The smallest absolute Gasteiger partial charge is 0.118 e. The van der Waals surface area contributed by atoms with E-state index >= 15 is 0 Å². The molecular weight excluding hydrogens is 401 g/mol. The molecule has 0 bridgehead atoms. The zero-order valence-electron chi connectivity index (χ0n) is 18.0. The fourth-order valence-corrected chi connectivity index (χ4v) is 6.12. The maximum atomic E-state index is 5.40. The van der Waals surface area contributed by atoms with E-state index in [4.69, 9.17) is 9.84 Å². The lowest BCUT2D eigenvalue weighted by Crippen LogP contribution is -2.37. The number of hydrogen-bond donors (Lipinski definition) is 0. The average molecular weight is 427 g/mol. The van der Waals surface area contributed by atoms with E-state index in [-0.39, 0.29) is 18.0 Å². The Hall–Kier alpha value is -2.94. The first-order valence-electron chi connectivity index (χ1n) is 10.6. The summed E-state index contributed by atoms with van der Waals surface area (Å²) >= 11 is 0. The number of likely N-dealkylation sites (N-methyl/N-ethyl adjacent to an activating group) is 1. The van der Waals surface area contributed by atoms with Crippen LogP contribution in [0, 0.1) is 0 Å².